The first-order chi connectivity index (χ1) is 23.9. The Balaban J connectivity index is 1.34. The molecule has 0 saturated carbocycles. The second kappa shape index (κ2) is 13.4. The molecule has 0 bridgehead atoms. The quantitative estimate of drug-likeness (QED) is 0.128. The molecule has 1 aliphatic heterocycles. The average molecular weight is 677 g/mol. The summed E-state index contributed by atoms with van der Waals surface area (Å²) >= 11 is 1.25. The number of hydrogen-bond donors (Lipinski definition) is 1. The maximum absolute atomic E-state index is 14.3. The average Bonchev–Trinajstić information content (AvgIpc) is 3.82. The van der Waals surface area contributed by atoms with Crippen LogP contribution in [0.5, 0.6) is 23.0 Å². The Labute approximate surface area is 285 Å². The second-order valence-corrected chi connectivity index (χ2v) is 12.1. The minimum atomic E-state index is -1.08. The van der Waals surface area contributed by atoms with Gasteiger partial charge in [0.15, 0.2) is 39.5 Å². The monoisotopic (exact) mass is 676 g/mol. The van der Waals surface area contributed by atoms with E-state index in [1.54, 1.807) is 42.5 Å². The van der Waals surface area contributed by atoms with E-state index >= 15 is 0 Å². The maximum Gasteiger partial charge on any atom is 0.296 e. The van der Waals surface area contributed by atoms with Gasteiger partial charge in [-0.3, -0.25) is 14.5 Å². The van der Waals surface area contributed by atoms with E-state index < -0.39 is 23.5 Å². The molecule has 2 aromatic heterocycles. The van der Waals surface area contributed by atoms with E-state index in [1.807, 2.05) is 62.4 Å². The molecule has 1 amide bonds. The van der Waals surface area contributed by atoms with Gasteiger partial charge in [-0.15, -0.1) is 0 Å². The third-order valence-corrected chi connectivity index (χ3v) is 9.11. The van der Waals surface area contributed by atoms with Gasteiger partial charge in [0.2, 0.25) is 5.78 Å². The Morgan fingerprint density at radius 2 is 1.71 bits per heavy atom. The van der Waals surface area contributed by atoms with E-state index in [4.69, 9.17) is 28.3 Å². The van der Waals surface area contributed by atoms with Crippen molar-refractivity contribution < 1.29 is 38.1 Å². The van der Waals surface area contributed by atoms with Gasteiger partial charge in [0, 0.05) is 5.39 Å². The number of furan rings is 1. The number of thiazole rings is 1. The first-order valence-corrected chi connectivity index (χ1v) is 16.6. The van der Waals surface area contributed by atoms with Crippen molar-refractivity contribution in [2.75, 3.05) is 25.2 Å². The van der Waals surface area contributed by atoms with Gasteiger partial charge in [-0.05, 0) is 67.4 Å². The minimum Gasteiger partial charge on any atom is -0.503 e. The molecule has 0 saturated heterocycles. The molecular weight excluding hydrogens is 644 g/mol. The molecule has 3 heterocycles. The molecular formula is C38H32N2O8S. The largest absolute Gasteiger partial charge is 0.503 e. The number of rotatable bonds is 12. The molecule has 10 nitrogen and oxygen atoms in total. The van der Waals surface area contributed by atoms with E-state index in [2.05, 4.69) is 0 Å². The number of methoxy groups -OCH3 is 1. The van der Waals surface area contributed by atoms with Crippen LogP contribution < -0.4 is 23.8 Å². The molecule has 49 heavy (non-hydrogen) atoms. The number of aliphatic hydroxyl groups excluding tert-OH is 1. The number of ketones is 1. The fourth-order valence-electron chi connectivity index (χ4n) is 5.86. The summed E-state index contributed by atoms with van der Waals surface area (Å²) in [7, 11) is 1.51. The molecule has 1 atom stereocenters. The number of ether oxygens (including phenoxy) is 4. The number of amides is 1. The Hall–Kier alpha value is -5.81. The third kappa shape index (κ3) is 5.93. The summed E-state index contributed by atoms with van der Waals surface area (Å²) in [5.74, 6) is -0.159. The Kier molecular flexibility index (Phi) is 8.66. The molecule has 6 aromatic rings. The standard InChI is InChI=1S/C38H32N2O8S/c1-4-45-25-15-16-26-31(20-25)49-38(39-26)40-33(23-14-17-27(29(18-23)46-5-2)47-21-22-10-7-6-8-11-22)32(35(42)37(40)43)34(41)30-19-24-12-9-13-28(44-3)36(24)48-30/h6-20,33,42H,4-5,21H2,1-3H3. The molecule has 11 heteroatoms. The lowest BCUT2D eigenvalue weighted by atomic mass is 9.95. The van der Waals surface area contributed by atoms with Crippen molar-refractivity contribution >= 4 is 49.3 Å². The Bertz CT molecular complexity index is 2220. The van der Waals surface area contributed by atoms with Crippen LogP contribution in [0.2, 0.25) is 0 Å². The summed E-state index contributed by atoms with van der Waals surface area (Å²) in [6, 6.07) is 26.2. The van der Waals surface area contributed by atoms with Crippen molar-refractivity contribution in [1.82, 2.24) is 4.98 Å². The highest BCUT2D eigenvalue weighted by Crippen LogP contribution is 2.46. The van der Waals surface area contributed by atoms with Crippen molar-refractivity contribution in [1.29, 1.82) is 0 Å². The molecule has 0 radical (unpaired) electrons. The molecule has 1 aliphatic rings. The summed E-state index contributed by atoms with van der Waals surface area (Å²) < 4.78 is 30.0. The number of aromatic nitrogens is 1. The number of aliphatic hydroxyl groups is 1. The van der Waals surface area contributed by atoms with E-state index in [0.29, 0.717) is 70.0 Å². The number of anilines is 1. The molecule has 248 valence electrons. The van der Waals surface area contributed by atoms with Crippen LogP contribution in [-0.2, 0) is 11.4 Å². The predicted molar refractivity (Wildman–Crippen MR) is 186 cm³/mol. The summed E-state index contributed by atoms with van der Waals surface area (Å²) in [6.07, 6.45) is 0. The zero-order chi connectivity index (χ0) is 34.1. The van der Waals surface area contributed by atoms with Gasteiger partial charge in [0.1, 0.15) is 12.4 Å². The van der Waals surface area contributed by atoms with Gasteiger partial charge < -0.3 is 28.5 Å². The second-order valence-electron chi connectivity index (χ2n) is 11.1. The molecule has 0 aliphatic carbocycles. The SMILES string of the molecule is CCOc1ccc2nc(N3C(=O)C(O)=C(C(=O)c4cc5cccc(OC)c5o4)C3c3ccc(OCc4ccccc4)c(OCC)c3)sc2c1. The summed E-state index contributed by atoms with van der Waals surface area (Å²) in [4.78, 5) is 34.4. The van der Waals surface area contributed by atoms with Crippen LogP contribution in [0, 0.1) is 0 Å². The summed E-state index contributed by atoms with van der Waals surface area (Å²) in [5, 5.41) is 12.4. The summed E-state index contributed by atoms with van der Waals surface area (Å²) in [6.45, 7) is 4.90. The topological polar surface area (TPSA) is 121 Å². The smallest absolute Gasteiger partial charge is 0.296 e. The van der Waals surface area contributed by atoms with Gasteiger partial charge in [-0.2, -0.15) is 0 Å². The minimum absolute atomic E-state index is 0.0563. The van der Waals surface area contributed by atoms with Gasteiger partial charge in [-0.25, -0.2) is 4.98 Å². The Morgan fingerprint density at radius 3 is 2.49 bits per heavy atom. The molecule has 4 aromatic carbocycles. The number of hydrogen-bond acceptors (Lipinski definition) is 10. The summed E-state index contributed by atoms with van der Waals surface area (Å²) in [5.41, 5.74) is 2.34. The fourth-order valence-corrected chi connectivity index (χ4v) is 6.88. The number of fused-ring (bicyclic) bond motifs is 2. The number of carbonyl (C=O) groups excluding carboxylic acids is 2. The number of benzene rings is 4. The highest BCUT2D eigenvalue weighted by Gasteiger charge is 2.47. The van der Waals surface area contributed by atoms with Crippen molar-refractivity contribution in [3.8, 4) is 23.0 Å². The first kappa shape index (κ1) is 31.8. The lowest BCUT2D eigenvalue weighted by Crippen LogP contribution is -2.31. The number of carbonyl (C=O) groups is 2. The first-order valence-electron chi connectivity index (χ1n) is 15.7. The van der Waals surface area contributed by atoms with Gasteiger partial charge >= 0.3 is 0 Å². The van der Waals surface area contributed by atoms with Crippen LogP contribution in [0.1, 0.15) is 41.6 Å². The lowest BCUT2D eigenvalue weighted by Gasteiger charge is -2.25. The third-order valence-electron chi connectivity index (χ3n) is 8.09. The molecule has 0 spiro atoms. The van der Waals surface area contributed by atoms with Crippen LogP contribution in [0.4, 0.5) is 5.13 Å². The number of para-hydroxylation sites is 1. The highest BCUT2D eigenvalue weighted by atomic mass is 32.1. The van der Waals surface area contributed by atoms with E-state index in [1.165, 1.54) is 23.3 Å². The van der Waals surface area contributed by atoms with E-state index in [0.717, 1.165) is 10.3 Å². The van der Waals surface area contributed by atoms with Crippen LogP contribution >= 0.6 is 11.3 Å². The number of Topliss-reactive ketones (excluding diaryl/α,β-unsaturated/α-hetero) is 1. The van der Waals surface area contributed by atoms with Crippen molar-refractivity contribution in [2.45, 2.75) is 26.5 Å². The maximum atomic E-state index is 14.3. The van der Waals surface area contributed by atoms with Gasteiger partial charge in [0.25, 0.3) is 5.91 Å². The normalized spacial score (nSPS) is 14.6. The van der Waals surface area contributed by atoms with Crippen LogP contribution in [0.3, 0.4) is 0 Å². The molecule has 1 N–H and O–H groups in total. The van der Waals surface area contributed by atoms with Gasteiger partial charge in [0.05, 0.1) is 42.2 Å². The fraction of sp³-hybridized carbons (Fsp3) is 0.184. The molecule has 1 unspecified atom stereocenters. The van der Waals surface area contributed by atoms with Gasteiger partial charge in [-0.1, -0.05) is 59.9 Å². The predicted octanol–water partition coefficient (Wildman–Crippen LogP) is 8.21. The highest BCUT2D eigenvalue weighted by molar-refractivity contribution is 7.22. The van der Waals surface area contributed by atoms with Crippen LogP contribution in [0.25, 0.3) is 21.2 Å². The lowest BCUT2D eigenvalue weighted by molar-refractivity contribution is -0.117. The molecule has 0 fully saturated rings. The number of nitrogens with zero attached hydrogens (tertiary/aromatic N) is 2. The molecule has 7 rings (SSSR count). The van der Waals surface area contributed by atoms with Crippen molar-refractivity contribution in [3.63, 3.8) is 0 Å². The Morgan fingerprint density at radius 1 is 0.898 bits per heavy atom. The van der Waals surface area contributed by atoms with Crippen molar-refractivity contribution in [2.24, 2.45) is 0 Å². The van der Waals surface area contributed by atoms with E-state index in [9.17, 15) is 14.7 Å². The zero-order valence-corrected chi connectivity index (χ0v) is 27.8. The van der Waals surface area contributed by atoms with Crippen molar-refractivity contribution in [3.05, 3.63) is 119 Å². The van der Waals surface area contributed by atoms with Crippen LogP contribution in [-0.4, -0.2) is 42.1 Å². The zero-order valence-electron chi connectivity index (χ0n) is 27.0. The van der Waals surface area contributed by atoms with Crippen LogP contribution in [0.15, 0.2) is 107 Å². The van der Waals surface area contributed by atoms with E-state index in [-0.39, 0.29) is 11.3 Å².